The minimum atomic E-state index is -4.84. The van der Waals surface area contributed by atoms with Crippen LogP contribution in [0.1, 0.15) is 51.4 Å². The molecule has 1 heterocycles. The van der Waals surface area contributed by atoms with Crippen molar-refractivity contribution in [3.05, 3.63) is 0 Å². The second-order valence-corrected chi connectivity index (χ2v) is 9.04. The summed E-state index contributed by atoms with van der Waals surface area (Å²) in [5.41, 5.74) is -2.84. The summed E-state index contributed by atoms with van der Waals surface area (Å²) in [5.74, 6) is -0.137. The Morgan fingerprint density at radius 2 is 1.56 bits per heavy atom. The maximum atomic E-state index is 13.3. The number of carboxylic acid groups (broad SMARTS) is 1. The van der Waals surface area contributed by atoms with Crippen molar-refractivity contribution in [2.24, 2.45) is 28.6 Å². The number of amides is 1. The van der Waals surface area contributed by atoms with E-state index in [-0.39, 0.29) is 17.9 Å². The lowest BCUT2D eigenvalue weighted by Crippen LogP contribution is -2.50. The highest BCUT2D eigenvalue weighted by Crippen LogP contribution is 2.61. The van der Waals surface area contributed by atoms with E-state index in [2.05, 4.69) is 0 Å². The molecule has 5 fully saturated rings. The van der Waals surface area contributed by atoms with Crippen LogP contribution in [-0.4, -0.2) is 41.1 Å². The van der Waals surface area contributed by atoms with Gasteiger partial charge in [0.25, 0.3) is 0 Å². The Morgan fingerprint density at radius 3 is 1.96 bits per heavy atom. The van der Waals surface area contributed by atoms with Gasteiger partial charge in [-0.15, -0.1) is 0 Å². The molecule has 140 valence electrons. The number of carbonyl (C=O) groups is 2. The first kappa shape index (κ1) is 17.2. The van der Waals surface area contributed by atoms with Crippen molar-refractivity contribution >= 4 is 11.9 Å². The van der Waals surface area contributed by atoms with Gasteiger partial charge in [-0.3, -0.25) is 9.59 Å². The number of hydrogen-bond donors (Lipinski definition) is 1. The van der Waals surface area contributed by atoms with Crippen LogP contribution in [0.25, 0.3) is 0 Å². The first-order valence-corrected chi connectivity index (χ1v) is 9.20. The lowest BCUT2D eigenvalue weighted by atomic mass is 9.49. The van der Waals surface area contributed by atoms with E-state index < -0.39 is 30.5 Å². The van der Waals surface area contributed by atoms with Crippen molar-refractivity contribution in [1.29, 1.82) is 0 Å². The van der Waals surface area contributed by atoms with Crippen LogP contribution >= 0.6 is 0 Å². The lowest BCUT2D eigenvalue weighted by molar-refractivity contribution is -0.227. The molecular formula is C18H24F3NO3. The summed E-state index contributed by atoms with van der Waals surface area (Å²) in [7, 11) is 0. The summed E-state index contributed by atoms with van der Waals surface area (Å²) >= 11 is 0. The number of carboxylic acids is 1. The molecule has 0 aromatic heterocycles. The van der Waals surface area contributed by atoms with E-state index in [0.717, 1.165) is 24.2 Å². The summed E-state index contributed by atoms with van der Waals surface area (Å²) in [5, 5.41) is 9.14. The van der Waals surface area contributed by atoms with Gasteiger partial charge in [-0.1, -0.05) is 0 Å². The second kappa shape index (κ2) is 5.36. The highest BCUT2D eigenvalue weighted by Gasteiger charge is 2.64. The topological polar surface area (TPSA) is 57.6 Å². The minimum Gasteiger partial charge on any atom is -0.481 e. The molecule has 5 rings (SSSR count). The van der Waals surface area contributed by atoms with Crippen molar-refractivity contribution in [3.63, 3.8) is 0 Å². The number of aliphatic carboxylic acids is 1. The Morgan fingerprint density at radius 1 is 1.04 bits per heavy atom. The monoisotopic (exact) mass is 359 g/mol. The smallest absolute Gasteiger partial charge is 0.406 e. The molecule has 0 spiro atoms. The molecule has 0 aromatic carbocycles. The normalized spacial score (nSPS) is 42.8. The van der Waals surface area contributed by atoms with E-state index in [1.807, 2.05) is 0 Å². The molecule has 1 saturated heterocycles. The number of carbonyl (C=O) groups excluding carboxylic acids is 1. The van der Waals surface area contributed by atoms with Gasteiger partial charge in [0.15, 0.2) is 5.41 Å². The van der Waals surface area contributed by atoms with Gasteiger partial charge in [0, 0.05) is 19.5 Å². The largest absolute Gasteiger partial charge is 0.481 e. The minimum absolute atomic E-state index is 0.0431. The molecule has 7 heteroatoms. The third-order valence-corrected chi connectivity index (χ3v) is 7.27. The highest BCUT2D eigenvalue weighted by atomic mass is 19.4. The second-order valence-electron chi connectivity index (χ2n) is 9.04. The van der Waals surface area contributed by atoms with Crippen LogP contribution in [0.4, 0.5) is 13.2 Å². The molecule has 1 atom stereocenters. The summed E-state index contributed by atoms with van der Waals surface area (Å²) in [6, 6.07) is 0. The Bertz CT molecular complexity index is 568. The third kappa shape index (κ3) is 2.65. The van der Waals surface area contributed by atoms with Crippen LogP contribution < -0.4 is 0 Å². The molecule has 0 aromatic rings. The fraction of sp³-hybridized carbons (Fsp3) is 0.889. The average Bonchev–Trinajstić information content (AvgIpc) is 2.91. The molecule has 4 aliphatic carbocycles. The molecule has 1 aliphatic heterocycles. The number of nitrogens with zero attached hydrogens (tertiary/aromatic N) is 1. The Hall–Kier alpha value is -1.27. The van der Waals surface area contributed by atoms with Crippen LogP contribution in [-0.2, 0) is 9.59 Å². The first-order valence-electron chi connectivity index (χ1n) is 9.20. The number of likely N-dealkylation sites (tertiary alicyclic amines) is 1. The maximum absolute atomic E-state index is 13.3. The van der Waals surface area contributed by atoms with E-state index in [1.54, 1.807) is 0 Å². The van der Waals surface area contributed by atoms with Gasteiger partial charge in [0.05, 0.1) is 0 Å². The van der Waals surface area contributed by atoms with Gasteiger partial charge in [-0.05, 0) is 68.1 Å². The standard InChI is InChI=1S/C18H24F3NO3/c19-18(20,21)17(15(24)25)1-2-22(10-17)14(23)9-16-6-11-3-12(7-16)5-13(4-11)8-16/h11-13H,1-10H2,(H,24,25). The van der Waals surface area contributed by atoms with E-state index >= 15 is 0 Å². The van der Waals surface area contributed by atoms with E-state index in [4.69, 9.17) is 5.11 Å². The third-order valence-electron chi connectivity index (χ3n) is 7.27. The number of alkyl halides is 3. The van der Waals surface area contributed by atoms with Crippen molar-refractivity contribution < 1.29 is 27.9 Å². The van der Waals surface area contributed by atoms with Crippen molar-refractivity contribution in [2.45, 2.75) is 57.5 Å². The van der Waals surface area contributed by atoms with Crippen molar-refractivity contribution in [3.8, 4) is 0 Å². The van der Waals surface area contributed by atoms with Gasteiger partial charge in [-0.2, -0.15) is 13.2 Å². The molecule has 4 bridgehead atoms. The van der Waals surface area contributed by atoms with E-state index in [1.165, 1.54) is 19.3 Å². The van der Waals surface area contributed by atoms with Crippen LogP contribution in [0.2, 0.25) is 0 Å². The van der Waals surface area contributed by atoms with Crippen LogP contribution in [0.5, 0.6) is 0 Å². The Labute approximate surface area is 144 Å². The fourth-order valence-corrected chi connectivity index (χ4v) is 6.49. The van der Waals surface area contributed by atoms with Gasteiger partial charge in [-0.25, -0.2) is 0 Å². The van der Waals surface area contributed by atoms with Gasteiger partial charge in [0.1, 0.15) is 0 Å². The van der Waals surface area contributed by atoms with Gasteiger partial charge >= 0.3 is 12.1 Å². The molecule has 25 heavy (non-hydrogen) atoms. The van der Waals surface area contributed by atoms with Crippen LogP contribution in [0.15, 0.2) is 0 Å². The zero-order valence-electron chi connectivity index (χ0n) is 14.1. The van der Waals surface area contributed by atoms with Gasteiger partial charge < -0.3 is 10.0 Å². The fourth-order valence-electron chi connectivity index (χ4n) is 6.49. The predicted molar refractivity (Wildman–Crippen MR) is 82.5 cm³/mol. The molecule has 0 radical (unpaired) electrons. The predicted octanol–water partition coefficient (Wildman–Crippen LogP) is 3.46. The van der Waals surface area contributed by atoms with E-state index in [9.17, 15) is 22.8 Å². The van der Waals surface area contributed by atoms with Crippen LogP contribution in [0.3, 0.4) is 0 Å². The molecule has 1 unspecified atom stereocenters. The highest BCUT2D eigenvalue weighted by molar-refractivity contribution is 5.81. The number of rotatable bonds is 3. The number of hydrogen-bond acceptors (Lipinski definition) is 2. The van der Waals surface area contributed by atoms with Gasteiger partial charge in [0.2, 0.25) is 5.91 Å². The number of halogens is 3. The molecule has 1 N–H and O–H groups in total. The zero-order valence-corrected chi connectivity index (χ0v) is 14.1. The summed E-state index contributed by atoms with van der Waals surface area (Å²) in [6.45, 7) is -0.853. The first-order chi connectivity index (χ1) is 11.6. The molecule has 1 amide bonds. The molecular weight excluding hydrogens is 335 g/mol. The quantitative estimate of drug-likeness (QED) is 0.840. The molecule has 4 saturated carbocycles. The molecule has 5 aliphatic rings. The zero-order chi connectivity index (χ0) is 18.0. The maximum Gasteiger partial charge on any atom is 0.406 e. The summed E-state index contributed by atoms with van der Waals surface area (Å²) in [4.78, 5) is 25.2. The average molecular weight is 359 g/mol. The summed E-state index contributed by atoms with van der Waals surface area (Å²) < 4.78 is 39.9. The SMILES string of the molecule is O=C(CC12CC3CC(CC(C3)C1)C2)N1CCC(C(=O)O)(C(F)(F)F)C1. The Balaban J connectivity index is 1.47. The van der Waals surface area contributed by atoms with Crippen LogP contribution in [0, 0.1) is 28.6 Å². The lowest BCUT2D eigenvalue weighted by Gasteiger charge is -2.57. The van der Waals surface area contributed by atoms with Crippen molar-refractivity contribution in [2.75, 3.05) is 13.1 Å². The van der Waals surface area contributed by atoms with Crippen molar-refractivity contribution in [1.82, 2.24) is 4.90 Å². The Kier molecular flexibility index (Phi) is 3.68. The van der Waals surface area contributed by atoms with E-state index in [0.29, 0.717) is 24.2 Å². The summed E-state index contributed by atoms with van der Waals surface area (Å²) in [6.07, 6.45) is 1.69. The molecule has 4 nitrogen and oxygen atoms in total.